The lowest BCUT2D eigenvalue weighted by Crippen LogP contribution is -2.50. The number of carbonyl (C=O) groups excluding carboxylic acids is 1. The Labute approximate surface area is 135 Å². The van der Waals surface area contributed by atoms with Gasteiger partial charge in [0.1, 0.15) is 5.75 Å². The van der Waals surface area contributed by atoms with Crippen LogP contribution in [0.5, 0.6) is 5.75 Å². The largest absolute Gasteiger partial charge is 0.479 e. The molecule has 1 aliphatic rings. The summed E-state index contributed by atoms with van der Waals surface area (Å²) in [6.45, 7) is 3.24. The molecule has 2 unspecified atom stereocenters. The monoisotopic (exact) mass is 330 g/mol. The van der Waals surface area contributed by atoms with Crippen LogP contribution in [-0.4, -0.2) is 43.1 Å². The molecular weight excluding hydrogens is 311 g/mol. The highest BCUT2D eigenvalue weighted by Gasteiger charge is 2.27. The maximum atomic E-state index is 12.4. The van der Waals surface area contributed by atoms with E-state index in [-0.39, 0.29) is 5.91 Å². The zero-order chi connectivity index (χ0) is 15.4. The van der Waals surface area contributed by atoms with E-state index in [1.165, 1.54) is 0 Å². The number of benzene rings is 1. The molecule has 4 nitrogen and oxygen atoms in total. The van der Waals surface area contributed by atoms with Gasteiger partial charge in [0.15, 0.2) is 6.10 Å². The molecule has 1 heterocycles. The molecule has 1 amide bonds. The molecule has 0 aromatic heterocycles. The molecule has 1 N–H and O–H groups in total. The molecule has 2 atom stereocenters. The number of rotatable bonds is 4. The number of nitrogens with one attached hydrogen (secondary N) is 1. The molecule has 1 aromatic carbocycles. The van der Waals surface area contributed by atoms with E-state index < -0.39 is 6.10 Å². The predicted octanol–water partition coefficient (Wildman–Crippen LogP) is 2.97. The maximum Gasteiger partial charge on any atom is 0.263 e. The molecule has 0 spiro atoms. The van der Waals surface area contributed by atoms with Gasteiger partial charge in [0.25, 0.3) is 5.91 Å². The van der Waals surface area contributed by atoms with Crippen molar-refractivity contribution >= 4 is 29.1 Å². The number of ether oxygens (including phenoxy) is 1. The number of hydrogen-bond donors (Lipinski definition) is 1. The Hall–Kier alpha value is -0.970. The first-order valence-electron chi connectivity index (χ1n) is 7.09. The Kier molecular flexibility index (Phi) is 5.73. The van der Waals surface area contributed by atoms with Crippen LogP contribution >= 0.6 is 23.2 Å². The van der Waals surface area contributed by atoms with Gasteiger partial charge in [-0.3, -0.25) is 4.79 Å². The van der Waals surface area contributed by atoms with Gasteiger partial charge in [0.2, 0.25) is 0 Å². The van der Waals surface area contributed by atoms with Crippen LogP contribution in [0, 0.1) is 0 Å². The van der Waals surface area contributed by atoms with E-state index in [1.807, 2.05) is 11.9 Å². The van der Waals surface area contributed by atoms with Gasteiger partial charge in [-0.25, -0.2) is 0 Å². The van der Waals surface area contributed by atoms with Crippen molar-refractivity contribution in [2.24, 2.45) is 0 Å². The minimum absolute atomic E-state index is 0.0130. The third kappa shape index (κ3) is 4.25. The summed E-state index contributed by atoms with van der Waals surface area (Å²) in [5.74, 6) is 0.463. The second-order valence-corrected chi connectivity index (χ2v) is 6.09. The van der Waals surface area contributed by atoms with Gasteiger partial charge in [0.05, 0.1) is 5.02 Å². The summed E-state index contributed by atoms with van der Waals surface area (Å²) in [6.07, 6.45) is 1.53. The summed E-state index contributed by atoms with van der Waals surface area (Å²) >= 11 is 11.9. The third-order valence-corrected chi connectivity index (χ3v) is 4.22. The zero-order valence-electron chi connectivity index (χ0n) is 12.2. The number of likely N-dealkylation sites (tertiary alicyclic amines) is 1. The number of amides is 1. The topological polar surface area (TPSA) is 41.6 Å². The second-order valence-electron chi connectivity index (χ2n) is 5.25. The first-order valence-corrected chi connectivity index (χ1v) is 7.84. The van der Waals surface area contributed by atoms with E-state index in [4.69, 9.17) is 27.9 Å². The summed E-state index contributed by atoms with van der Waals surface area (Å²) in [4.78, 5) is 14.3. The molecule has 1 fully saturated rings. The van der Waals surface area contributed by atoms with Crippen molar-refractivity contribution < 1.29 is 9.53 Å². The van der Waals surface area contributed by atoms with E-state index in [2.05, 4.69) is 5.32 Å². The number of carbonyl (C=O) groups is 1. The van der Waals surface area contributed by atoms with E-state index in [0.29, 0.717) is 21.8 Å². The summed E-state index contributed by atoms with van der Waals surface area (Å²) in [5, 5.41) is 4.17. The highest BCUT2D eigenvalue weighted by atomic mass is 35.5. The van der Waals surface area contributed by atoms with E-state index in [9.17, 15) is 4.79 Å². The van der Waals surface area contributed by atoms with Crippen LogP contribution in [0.4, 0.5) is 0 Å². The van der Waals surface area contributed by atoms with Crippen molar-refractivity contribution in [3.05, 3.63) is 28.2 Å². The molecule has 0 radical (unpaired) electrons. The summed E-state index contributed by atoms with van der Waals surface area (Å²) < 4.78 is 5.68. The number of likely N-dealkylation sites (N-methyl/N-ethyl adjacent to an activating group) is 1. The molecule has 0 bridgehead atoms. The highest BCUT2D eigenvalue weighted by Crippen LogP contribution is 2.28. The Morgan fingerprint density at radius 1 is 1.48 bits per heavy atom. The van der Waals surface area contributed by atoms with Gasteiger partial charge in [-0.05, 0) is 45.0 Å². The summed E-state index contributed by atoms with van der Waals surface area (Å²) in [5.41, 5.74) is 0. The van der Waals surface area contributed by atoms with Crippen LogP contribution in [-0.2, 0) is 4.79 Å². The molecule has 6 heteroatoms. The molecule has 1 saturated heterocycles. The zero-order valence-corrected chi connectivity index (χ0v) is 13.7. The van der Waals surface area contributed by atoms with Crippen LogP contribution < -0.4 is 10.1 Å². The molecule has 0 aliphatic carbocycles. The van der Waals surface area contributed by atoms with Gasteiger partial charge >= 0.3 is 0 Å². The lowest BCUT2D eigenvalue weighted by atomic mass is 10.1. The molecule has 0 saturated carbocycles. The normalized spacial score (nSPS) is 20.2. The summed E-state index contributed by atoms with van der Waals surface area (Å²) in [7, 11) is 1.92. The van der Waals surface area contributed by atoms with Gasteiger partial charge in [0, 0.05) is 24.2 Å². The van der Waals surface area contributed by atoms with Crippen molar-refractivity contribution in [3.63, 3.8) is 0 Å². The highest BCUT2D eigenvalue weighted by molar-refractivity contribution is 6.35. The van der Waals surface area contributed by atoms with Crippen molar-refractivity contribution in [3.8, 4) is 5.75 Å². The average Bonchev–Trinajstić information content (AvgIpc) is 2.49. The minimum atomic E-state index is -0.570. The van der Waals surface area contributed by atoms with Crippen molar-refractivity contribution in [1.82, 2.24) is 10.2 Å². The van der Waals surface area contributed by atoms with E-state index in [1.54, 1.807) is 25.1 Å². The lowest BCUT2D eigenvalue weighted by molar-refractivity contribution is -0.139. The van der Waals surface area contributed by atoms with E-state index in [0.717, 1.165) is 25.9 Å². The molecule has 2 rings (SSSR count). The smallest absolute Gasteiger partial charge is 0.263 e. The third-order valence-electron chi connectivity index (χ3n) is 3.69. The average molecular weight is 331 g/mol. The van der Waals surface area contributed by atoms with Gasteiger partial charge in [-0.1, -0.05) is 23.2 Å². The minimum Gasteiger partial charge on any atom is -0.479 e. The quantitative estimate of drug-likeness (QED) is 0.922. The fourth-order valence-corrected chi connectivity index (χ4v) is 2.93. The molecule has 21 heavy (non-hydrogen) atoms. The van der Waals surface area contributed by atoms with Crippen LogP contribution in [0.25, 0.3) is 0 Å². The number of halogens is 2. The first-order chi connectivity index (χ1) is 10.0. The Balaban J connectivity index is 1.99. The fraction of sp³-hybridized carbons (Fsp3) is 0.533. The number of piperidine rings is 1. The lowest BCUT2D eigenvalue weighted by Gasteiger charge is -2.34. The number of hydrogen-bond acceptors (Lipinski definition) is 3. The van der Waals surface area contributed by atoms with Crippen molar-refractivity contribution in [2.75, 3.05) is 20.1 Å². The second kappa shape index (κ2) is 7.34. The van der Waals surface area contributed by atoms with E-state index >= 15 is 0 Å². The van der Waals surface area contributed by atoms with Crippen LogP contribution in [0.3, 0.4) is 0 Å². The fourth-order valence-electron chi connectivity index (χ4n) is 2.48. The van der Waals surface area contributed by atoms with Gasteiger partial charge < -0.3 is 15.0 Å². The Bertz CT molecular complexity index is 510. The van der Waals surface area contributed by atoms with Crippen LogP contribution in [0.2, 0.25) is 10.0 Å². The van der Waals surface area contributed by atoms with Crippen LogP contribution in [0.15, 0.2) is 18.2 Å². The molecule has 116 valence electrons. The summed E-state index contributed by atoms with van der Waals surface area (Å²) in [6, 6.07) is 5.33. The Morgan fingerprint density at radius 3 is 2.90 bits per heavy atom. The SMILES string of the molecule is CNC1CCCN(C(=O)C(C)Oc2ccc(Cl)cc2Cl)C1. The Morgan fingerprint density at radius 2 is 2.24 bits per heavy atom. The standard InChI is InChI=1S/C15H20Cl2N2O2/c1-10(21-14-6-5-11(16)8-13(14)17)15(20)19-7-3-4-12(9-19)18-2/h5-6,8,10,12,18H,3-4,7,9H2,1-2H3. The van der Waals surface area contributed by atoms with Crippen LogP contribution in [0.1, 0.15) is 19.8 Å². The maximum absolute atomic E-state index is 12.4. The number of nitrogens with zero attached hydrogens (tertiary/aromatic N) is 1. The molecular formula is C15H20Cl2N2O2. The predicted molar refractivity (Wildman–Crippen MR) is 85.2 cm³/mol. The van der Waals surface area contributed by atoms with Gasteiger partial charge in [-0.2, -0.15) is 0 Å². The van der Waals surface area contributed by atoms with Crippen molar-refractivity contribution in [2.45, 2.75) is 31.9 Å². The first kappa shape index (κ1) is 16.4. The molecule has 1 aliphatic heterocycles. The van der Waals surface area contributed by atoms with Crippen molar-refractivity contribution in [1.29, 1.82) is 0 Å². The van der Waals surface area contributed by atoms with Gasteiger partial charge in [-0.15, -0.1) is 0 Å². The molecule has 1 aromatic rings.